The van der Waals surface area contributed by atoms with Gasteiger partial charge in [-0.3, -0.25) is 4.79 Å². The lowest BCUT2D eigenvalue weighted by Gasteiger charge is -2.54. The van der Waals surface area contributed by atoms with E-state index in [2.05, 4.69) is 24.2 Å². The molecule has 1 saturated carbocycles. The van der Waals surface area contributed by atoms with E-state index in [1.807, 2.05) is 0 Å². The van der Waals surface area contributed by atoms with Crippen LogP contribution in [0.2, 0.25) is 0 Å². The van der Waals surface area contributed by atoms with Gasteiger partial charge in [-0.2, -0.15) is 0 Å². The first-order chi connectivity index (χ1) is 6.63. The summed E-state index contributed by atoms with van der Waals surface area (Å²) in [4.78, 5) is 13.9. The lowest BCUT2D eigenvalue weighted by atomic mass is 9.57. The van der Waals surface area contributed by atoms with Gasteiger partial charge in [0.1, 0.15) is 0 Å². The summed E-state index contributed by atoms with van der Waals surface area (Å²) in [6, 6.07) is 0. The van der Waals surface area contributed by atoms with E-state index in [1.165, 1.54) is 19.5 Å². The standard InChI is InChI=1S/C11H20N2O/c1-7(11(14)12-2)10-8-4-9(10)6-13(3)5-8/h7-10H,4-6H2,1-3H3,(H,12,14). The molecule has 0 spiro atoms. The maximum absolute atomic E-state index is 11.5. The van der Waals surface area contributed by atoms with E-state index in [1.54, 1.807) is 7.05 Å². The second-order valence-electron chi connectivity index (χ2n) is 4.96. The van der Waals surface area contributed by atoms with Crippen molar-refractivity contribution < 1.29 is 4.79 Å². The summed E-state index contributed by atoms with van der Waals surface area (Å²) in [6.07, 6.45) is 1.34. The molecule has 0 aromatic heterocycles. The monoisotopic (exact) mass is 196 g/mol. The molecule has 0 aromatic rings. The molecule has 80 valence electrons. The van der Waals surface area contributed by atoms with E-state index < -0.39 is 0 Å². The number of hydrogen-bond donors (Lipinski definition) is 1. The molecular weight excluding hydrogens is 176 g/mol. The predicted octanol–water partition coefficient (Wildman–Crippen LogP) is 0.566. The Morgan fingerprint density at radius 3 is 2.50 bits per heavy atom. The molecule has 3 heteroatoms. The number of fused-ring (bicyclic) bond motifs is 2. The summed E-state index contributed by atoms with van der Waals surface area (Å²) in [5.41, 5.74) is 0. The van der Waals surface area contributed by atoms with Crippen LogP contribution in [0.5, 0.6) is 0 Å². The number of piperidine rings is 2. The van der Waals surface area contributed by atoms with Gasteiger partial charge in [0.05, 0.1) is 0 Å². The quantitative estimate of drug-likeness (QED) is 0.700. The highest BCUT2D eigenvalue weighted by atomic mass is 16.1. The molecular formula is C11H20N2O. The molecule has 3 atom stereocenters. The zero-order valence-electron chi connectivity index (χ0n) is 9.29. The molecule has 2 bridgehead atoms. The molecule has 2 heterocycles. The number of carbonyl (C=O) groups excluding carboxylic acids is 1. The van der Waals surface area contributed by atoms with E-state index >= 15 is 0 Å². The summed E-state index contributed by atoms with van der Waals surface area (Å²) in [7, 11) is 3.92. The van der Waals surface area contributed by atoms with Gasteiger partial charge in [-0.1, -0.05) is 6.92 Å². The van der Waals surface area contributed by atoms with Crippen LogP contribution in [0, 0.1) is 23.7 Å². The average molecular weight is 196 g/mol. The lowest BCUT2D eigenvalue weighted by Crippen LogP contribution is -2.57. The van der Waals surface area contributed by atoms with Crippen molar-refractivity contribution in [2.24, 2.45) is 23.7 Å². The summed E-state index contributed by atoms with van der Waals surface area (Å²) >= 11 is 0. The zero-order chi connectivity index (χ0) is 10.3. The Bertz CT molecular complexity index is 229. The molecule has 3 rings (SSSR count). The highest BCUT2D eigenvalue weighted by molar-refractivity contribution is 5.78. The number of carbonyl (C=O) groups is 1. The summed E-state index contributed by atoms with van der Waals surface area (Å²) in [5.74, 6) is 2.61. The topological polar surface area (TPSA) is 32.3 Å². The summed E-state index contributed by atoms with van der Waals surface area (Å²) in [5, 5.41) is 2.76. The molecule has 3 fully saturated rings. The van der Waals surface area contributed by atoms with E-state index in [0.29, 0.717) is 5.92 Å². The van der Waals surface area contributed by atoms with E-state index in [4.69, 9.17) is 0 Å². The van der Waals surface area contributed by atoms with Crippen molar-refractivity contribution in [3.63, 3.8) is 0 Å². The van der Waals surface area contributed by atoms with Gasteiger partial charge in [-0.15, -0.1) is 0 Å². The molecule has 0 radical (unpaired) electrons. The fourth-order valence-corrected chi connectivity index (χ4v) is 3.38. The van der Waals surface area contributed by atoms with Crippen molar-refractivity contribution in [3.05, 3.63) is 0 Å². The first-order valence-electron chi connectivity index (χ1n) is 5.53. The second kappa shape index (κ2) is 3.54. The van der Waals surface area contributed by atoms with Crippen LogP contribution in [0.3, 0.4) is 0 Å². The third-order valence-corrected chi connectivity index (χ3v) is 4.02. The largest absolute Gasteiger partial charge is 0.359 e. The maximum atomic E-state index is 11.5. The first kappa shape index (κ1) is 9.97. The van der Waals surface area contributed by atoms with Crippen LogP contribution in [-0.4, -0.2) is 38.0 Å². The molecule has 2 aliphatic heterocycles. The number of rotatable bonds is 2. The first-order valence-corrected chi connectivity index (χ1v) is 5.53. The van der Waals surface area contributed by atoms with Gasteiger partial charge < -0.3 is 10.2 Å². The zero-order valence-corrected chi connectivity index (χ0v) is 9.29. The summed E-state index contributed by atoms with van der Waals surface area (Å²) in [6.45, 7) is 4.44. The van der Waals surface area contributed by atoms with Crippen molar-refractivity contribution in [1.29, 1.82) is 0 Å². The summed E-state index contributed by atoms with van der Waals surface area (Å²) < 4.78 is 0. The van der Waals surface area contributed by atoms with Crippen LogP contribution in [0.15, 0.2) is 0 Å². The van der Waals surface area contributed by atoms with Crippen LogP contribution >= 0.6 is 0 Å². The van der Waals surface area contributed by atoms with Gasteiger partial charge in [-0.25, -0.2) is 0 Å². The van der Waals surface area contributed by atoms with Crippen molar-refractivity contribution in [2.75, 3.05) is 27.2 Å². The van der Waals surface area contributed by atoms with Gasteiger partial charge in [-0.05, 0) is 31.2 Å². The Labute approximate surface area is 85.8 Å². The van der Waals surface area contributed by atoms with E-state index in [0.717, 1.165) is 11.8 Å². The highest BCUT2D eigenvalue weighted by Gasteiger charge is 2.49. The Balaban J connectivity index is 1.98. The van der Waals surface area contributed by atoms with Gasteiger partial charge in [0, 0.05) is 26.1 Å². The average Bonchev–Trinajstić information content (AvgIpc) is 2.15. The minimum atomic E-state index is 0.206. The van der Waals surface area contributed by atoms with E-state index in [9.17, 15) is 4.79 Å². The number of nitrogens with one attached hydrogen (secondary N) is 1. The minimum absolute atomic E-state index is 0.206. The fourth-order valence-electron chi connectivity index (χ4n) is 3.38. The van der Waals surface area contributed by atoms with Crippen molar-refractivity contribution in [2.45, 2.75) is 13.3 Å². The molecule has 0 aromatic carbocycles. The van der Waals surface area contributed by atoms with Gasteiger partial charge in [0.25, 0.3) is 0 Å². The predicted molar refractivity (Wildman–Crippen MR) is 55.8 cm³/mol. The van der Waals surface area contributed by atoms with Crippen molar-refractivity contribution in [1.82, 2.24) is 10.2 Å². The van der Waals surface area contributed by atoms with Gasteiger partial charge in [0.15, 0.2) is 0 Å². The smallest absolute Gasteiger partial charge is 0.222 e. The molecule has 1 N–H and O–H groups in total. The van der Waals surface area contributed by atoms with Gasteiger partial charge >= 0.3 is 0 Å². The van der Waals surface area contributed by atoms with Crippen molar-refractivity contribution in [3.8, 4) is 0 Å². The number of hydrogen-bond acceptors (Lipinski definition) is 2. The number of nitrogens with zero attached hydrogens (tertiary/aromatic N) is 1. The van der Waals surface area contributed by atoms with Crippen LogP contribution in [0.1, 0.15) is 13.3 Å². The van der Waals surface area contributed by atoms with Crippen LogP contribution in [-0.2, 0) is 4.79 Å². The Hall–Kier alpha value is -0.570. The molecule has 3 nitrogen and oxygen atoms in total. The van der Waals surface area contributed by atoms with Gasteiger partial charge in [0.2, 0.25) is 5.91 Å². The molecule has 2 saturated heterocycles. The van der Waals surface area contributed by atoms with Crippen LogP contribution in [0.4, 0.5) is 0 Å². The fraction of sp³-hybridized carbons (Fsp3) is 0.909. The molecule has 1 amide bonds. The molecule has 3 unspecified atom stereocenters. The third kappa shape index (κ3) is 1.44. The highest BCUT2D eigenvalue weighted by Crippen LogP contribution is 2.48. The van der Waals surface area contributed by atoms with E-state index in [-0.39, 0.29) is 11.8 Å². The third-order valence-electron chi connectivity index (χ3n) is 4.02. The Morgan fingerprint density at radius 2 is 2.00 bits per heavy atom. The van der Waals surface area contributed by atoms with Crippen molar-refractivity contribution >= 4 is 5.91 Å². The van der Waals surface area contributed by atoms with Crippen LogP contribution < -0.4 is 5.32 Å². The minimum Gasteiger partial charge on any atom is -0.359 e. The molecule has 1 aliphatic carbocycles. The lowest BCUT2D eigenvalue weighted by molar-refractivity contribution is -0.134. The second-order valence-corrected chi connectivity index (χ2v) is 4.96. The Kier molecular flexibility index (Phi) is 2.52. The Morgan fingerprint density at radius 1 is 1.43 bits per heavy atom. The molecule has 3 aliphatic rings. The maximum Gasteiger partial charge on any atom is 0.222 e. The normalized spacial score (nSPS) is 38.6. The van der Waals surface area contributed by atoms with Crippen LogP contribution in [0.25, 0.3) is 0 Å². The molecule has 14 heavy (non-hydrogen) atoms. The SMILES string of the molecule is CNC(=O)C(C)C1C2CC1CN(C)C2. The number of amides is 1.